The summed E-state index contributed by atoms with van der Waals surface area (Å²) in [5, 5.41) is 0. The minimum Gasteiger partial charge on any atom is -0.481 e. The highest BCUT2D eigenvalue weighted by atomic mass is 16.5. The van der Waals surface area contributed by atoms with E-state index in [9.17, 15) is 0 Å². The molecular formula is C13H20N2O. The van der Waals surface area contributed by atoms with Gasteiger partial charge >= 0.3 is 0 Å². The molecule has 0 amide bonds. The number of aromatic nitrogens is 1. The highest BCUT2D eigenvalue weighted by Crippen LogP contribution is 2.31. The number of nitrogens with zero attached hydrogens (tertiary/aromatic N) is 2. The monoisotopic (exact) mass is 220 g/mol. The third-order valence-electron chi connectivity index (χ3n) is 3.23. The van der Waals surface area contributed by atoms with Crippen molar-refractivity contribution >= 4 is 0 Å². The van der Waals surface area contributed by atoms with Gasteiger partial charge in [0.15, 0.2) is 0 Å². The largest absolute Gasteiger partial charge is 0.481 e. The summed E-state index contributed by atoms with van der Waals surface area (Å²) in [6.07, 6.45) is 5.74. The van der Waals surface area contributed by atoms with Gasteiger partial charge in [0.25, 0.3) is 0 Å². The minimum atomic E-state index is 0.568. The van der Waals surface area contributed by atoms with Crippen molar-refractivity contribution in [3.63, 3.8) is 0 Å². The van der Waals surface area contributed by atoms with E-state index in [4.69, 9.17) is 4.74 Å². The van der Waals surface area contributed by atoms with E-state index in [1.165, 1.54) is 37.9 Å². The number of rotatable bonds is 4. The Labute approximate surface area is 97.4 Å². The lowest BCUT2D eigenvalue weighted by molar-refractivity contribution is 0.257. The summed E-state index contributed by atoms with van der Waals surface area (Å²) < 4.78 is 5.08. The van der Waals surface area contributed by atoms with Crippen LogP contribution in [0.2, 0.25) is 0 Å². The summed E-state index contributed by atoms with van der Waals surface area (Å²) in [5.74, 6) is 0.698. The van der Waals surface area contributed by atoms with Crippen molar-refractivity contribution in [1.82, 2.24) is 9.88 Å². The molecule has 0 radical (unpaired) electrons. The fraction of sp³-hybridized carbons (Fsp3) is 0.615. The molecule has 1 saturated heterocycles. The van der Waals surface area contributed by atoms with E-state index < -0.39 is 0 Å². The number of likely N-dealkylation sites (tertiary alicyclic amines) is 1. The molecule has 0 aromatic carbocycles. The lowest BCUT2D eigenvalue weighted by atomic mass is 10.1. The van der Waals surface area contributed by atoms with Crippen molar-refractivity contribution < 1.29 is 4.74 Å². The van der Waals surface area contributed by atoms with E-state index in [0.717, 1.165) is 0 Å². The van der Waals surface area contributed by atoms with Gasteiger partial charge in [-0.05, 0) is 37.9 Å². The summed E-state index contributed by atoms with van der Waals surface area (Å²) in [7, 11) is 1.65. The Morgan fingerprint density at radius 1 is 1.50 bits per heavy atom. The molecule has 1 aromatic heterocycles. The van der Waals surface area contributed by atoms with Gasteiger partial charge in [0.1, 0.15) is 0 Å². The van der Waals surface area contributed by atoms with E-state index >= 15 is 0 Å². The van der Waals surface area contributed by atoms with Crippen LogP contribution >= 0.6 is 0 Å². The van der Waals surface area contributed by atoms with Crippen molar-refractivity contribution in [2.24, 2.45) is 0 Å². The molecule has 16 heavy (non-hydrogen) atoms. The molecule has 1 fully saturated rings. The third kappa shape index (κ3) is 2.35. The summed E-state index contributed by atoms with van der Waals surface area (Å²) in [4.78, 5) is 6.85. The van der Waals surface area contributed by atoms with Crippen LogP contribution < -0.4 is 4.74 Å². The lowest BCUT2D eigenvalue weighted by Crippen LogP contribution is -2.24. The molecule has 1 unspecified atom stereocenters. The van der Waals surface area contributed by atoms with Crippen molar-refractivity contribution in [3.05, 3.63) is 23.9 Å². The van der Waals surface area contributed by atoms with Crippen molar-refractivity contribution in [2.75, 3.05) is 20.2 Å². The number of hydrogen-bond acceptors (Lipinski definition) is 3. The number of methoxy groups -OCH3 is 1. The fourth-order valence-corrected chi connectivity index (χ4v) is 2.47. The Balaban J connectivity index is 2.09. The molecular weight excluding hydrogens is 200 g/mol. The normalized spacial score (nSPS) is 21.2. The van der Waals surface area contributed by atoms with Crippen molar-refractivity contribution in [3.8, 4) is 5.88 Å². The van der Waals surface area contributed by atoms with Gasteiger partial charge in [0, 0.05) is 18.3 Å². The van der Waals surface area contributed by atoms with Crippen LogP contribution in [-0.4, -0.2) is 30.1 Å². The maximum atomic E-state index is 5.08. The molecule has 3 nitrogen and oxygen atoms in total. The van der Waals surface area contributed by atoms with Gasteiger partial charge in [-0.3, -0.25) is 4.90 Å². The Kier molecular flexibility index (Phi) is 3.78. The van der Waals surface area contributed by atoms with Gasteiger partial charge in [0.2, 0.25) is 5.88 Å². The van der Waals surface area contributed by atoms with Crippen LogP contribution in [0.3, 0.4) is 0 Å². The molecule has 1 aliphatic rings. The molecule has 0 bridgehead atoms. The standard InChI is InChI=1S/C13H20N2O/c1-3-8-15-9-4-5-12(15)11-6-7-13(16-2)14-10-11/h6-7,10,12H,3-5,8-9H2,1-2H3. The van der Waals surface area contributed by atoms with Gasteiger partial charge < -0.3 is 4.74 Å². The minimum absolute atomic E-state index is 0.568. The van der Waals surface area contributed by atoms with Crippen LogP contribution in [0.4, 0.5) is 0 Å². The summed E-state index contributed by atoms with van der Waals surface area (Å²) in [6, 6.07) is 4.67. The molecule has 2 heterocycles. The Hall–Kier alpha value is -1.09. The van der Waals surface area contributed by atoms with Crippen LogP contribution in [0.5, 0.6) is 5.88 Å². The predicted octanol–water partition coefficient (Wildman–Crippen LogP) is 2.64. The summed E-state index contributed by atoms with van der Waals surface area (Å²) in [5.41, 5.74) is 1.33. The molecule has 0 saturated carbocycles. The number of hydrogen-bond donors (Lipinski definition) is 0. The fourth-order valence-electron chi connectivity index (χ4n) is 2.47. The molecule has 0 aliphatic carbocycles. The molecule has 1 atom stereocenters. The number of pyridine rings is 1. The average Bonchev–Trinajstić information content (AvgIpc) is 2.78. The van der Waals surface area contributed by atoms with E-state index in [1.54, 1.807) is 7.11 Å². The second kappa shape index (κ2) is 5.30. The maximum Gasteiger partial charge on any atom is 0.212 e. The highest BCUT2D eigenvalue weighted by molar-refractivity contribution is 5.21. The second-order valence-corrected chi connectivity index (χ2v) is 4.33. The van der Waals surface area contributed by atoms with Gasteiger partial charge in [-0.1, -0.05) is 13.0 Å². The first-order valence-corrected chi connectivity index (χ1v) is 6.09. The van der Waals surface area contributed by atoms with Gasteiger partial charge in [-0.15, -0.1) is 0 Å². The van der Waals surface area contributed by atoms with Crippen molar-refractivity contribution in [2.45, 2.75) is 32.2 Å². The van der Waals surface area contributed by atoms with E-state index in [1.807, 2.05) is 12.3 Å². The SMILES string of the molecule is CCCN1CCCC1c1ccc(OC)nc1. The summed E-state index contributed by atoms with van der Waals surface area (Å²) in [6.45, 7) is 4.66. The van der Waals surface area contributed by atoms with E-state index in [2.05, 4.69) is 22.9 Å². The molecule has 3 heteroatoms. The Morgan fingerprint density at radius 3 is 3.00 bits per heavy atom. The quantitative estimate of drug-likeness (QED) is 0.780. The van der Waals surface area contributed by atoms with Crippen LogP contribution in [0.1, 0.15) is 37.8 Å². The highest BCUT2D eigenvalue weighted by Gasteiger charge is 2.25. The van der Waals surface area contributed by atoms with Crippen LogP contribution in [0.15, 0.2) is 18.3 Å². The average molecular weight is 220 g/mol. The molecule has 88 valence electrons. The zero-order valence-electron chi connectivity index (χ0n) is 10.1. The van der Waals surface area contributed by atoms with Crippen LogP contribution in [-0.2, 0) is 0 Å². The lowest BCUT2D eigenvalue weighted by Gasteiger charge is -2.23. The Bertz CT molecular complexity index is 323. The zero-order valence-corrected chi connectivity index (χ0v) is 10.1. The first-order chi connectivity index (χ1) is 7.85. The van der Waals surface area contributed by atoms with E-state index in [-0.39, 0.29) is 0 Å². The van der Waals surface area contributed by atoms with Crippen molar-refractivity contribution in [1.29, 1.82) is 0 Å². The Morgan fingerprint density at radius 2 is 2.38 bits per heavy atom. The predicted molar refractivity (Wildman–Crippen MR) is 64.6 cm³/mol. The second-order valence-electron chi connectivity index (χ2n) is 4.33. The van der Waals surface area contributed by atoms with Gasteiger partial charge in [-0.2, -0.15) is 0 Å². The third-order valence-corrected chi connectivity index (χ3v) is 3.23. The molecule has 2 rings (SSSR count). The molecule has 1 aliphatic heterocycles. The van der Waals surface area contributed by atoms with Crippen LogP contribution in [0, 0.1) is 0 Å². The van der Waals surface area contributed by atoms with Gasteiger partial charge in [-0.25, -0.2) is 4.98 Å². The van der Waals surface area contributed by atoms with Gasteiger partial charge in [0.05, 0.1) is 7.11 Å². The maximum absolute atomic E-state index is 5.08. The summed E-state index contributed by atoms with van der Waals surface area (Å²) >= 11 is 0. The number of ether oxygens (including phenoxy) is 1. The van der Waals surface area contributed by atoms with E-state index in [0.29, 0.717) is 11.9 Å². The molecule has 0 N–H and O–H groups in total. The first-order valence-electron chi connectivity index (χ1n) is 6.09. The molecule has 1 aromatic rings. The van der Waals surface area contributed by atoms with Crippen LogP contribution in [0.25, 0.3) is 0 Å². The smallest absolute Gasteiger partial charge is 0.212 e. The molecule has 0 spiro atoms. The first kappa shape index (κ1) is 11.4. The topological polar surface area (TPSA) is 25.4 Å². The zero-order chi connectivity index (χ0) is 11.4.